The van der Waals surface area contributed by atoms with Crippen molar-refractivity contribution in [3.63, 3.8) is 0 Å². The lowest BCUT2D eigenvalue weighted by Crippen LogP contribution is -2.61. The first-order valence-electron chi connectivity index (χ1n) is 9.79. The van der Waals surface area contributed by atoms with Crippen molar-refractivity contribution >= 4 is 0 Å². The molecule has 1 saturated heterocycles. The fourth-order valence-corrected chi connectivity index (χ4v) is 6.54. The summed E-state index contributed by atoms with van der Waals surface area (Å²) in [7, 11) is 0. The Hall–Kier alpha value is -0.300. The fraction of sp³-hybridized carbons (Fsp3) is 0.905. The summed E-state index contributed by atoms with van der Waals surface area (Å²) in [4.78, 5) is 2.81. The number of rotatable bonds is 3. The van der Waals surface area contributed by atoms with Crippen LogP contribution in [0.3, 0.4) is 0 Å². The standard InChI is InChI=1S/C21H37N/c1-13(2)19-16(7)12-21(20(19)14(3)4)10-11-22(15(5)6)18-9-8-17(18)21/h13-18H,8-12H2,1-7H3/t16-,17+,18-,21-/m0/s1. The first-order valence-corrected chi connectivity index (χ1v) is 9.79. The van der Waals surface area contributed by atoms with Crippen LogP contribution >= 0.6 is 0 Å². The van der Waals surface area contributed by atoms with Gasteiger partial charge >= 0.3 is 0 Å². The van der Waals surface area contributed by atoms with Gasteiger partial charge < -0.3 is 0 Å². The second kappa shape index (κ2) is 5.65. The van der Waals surface area contributed by atoms with Crippen LogP contribution in [0, 0.1) is 29.1 Å². The summed E-state index contributed by atoms with van der Waals surface area (Å²) in [5.41, 5.74) is 4.29. The molecule has 1 spiro atoms. The maximum absolute atomic E-state index is 2.81. The van der Waals surface area contributed by atoms with E-state index in [1.165, 1.54) is 32.2 Å². The molecule has 1 aliphatic heterocycles. The summed E-state index contributed by atoms with van der Waals surface area (Å²) >= 11 is 0. The van der Waals surface area contributed by atoms with Crippen molar-refractivity contribution in [2.45, 2.75) is 86.2 Å². The van der Waals surface area contributed by atoms with Crippen molar-refractivity contribution in [1.29, 1.82) is 0 Å². The minimum absolute atomic E-state index is 0.557. The number of likely N-dealkylation sites (tertiary alicyclic amines) is 1. The molecule has 0 unspecified atom stereocenters. The summed E-state index contributed by atoms with van der Waals surface area (Å²) < 4.78 is 0. The Morgan fingerprint density at radius 1 is 1.00 bits per heavy atom. The van der Waals surface area contributed by atoms with Crippen LogP contribution in [0.1, 0.15) is 74.1 Å². The molecule has 0 aromatic carbocycles. The summed E-state index contributed by atoms with van der Waals surface area (Å²) in [6.07, 6.45) is 5.78. The van der Waals surface area contributed by atoms with Crippen molar-refractivity contribution in [2.24, 2.45) is 29.1 Å². The molecule has 0 radical (unpaired) electrons. The Bertz CT molecular complexity index is 459. The Balaban J connectivity index is 2.00. The maximum Gasteiger partial charge on any atom is 0.0135 e. The van der Waals surface area contributed by atoms with Gasteiger partial charge in [-0.05, 0) is 75.2 Å². The van der Waals surface area contributed by atoms with Crippen molar-refractivity contribution < 1.29 is 0 Å². The average molecular weight is 304 g/mol. The Morgan fingerprint density at radius 3 is 2.14 bits per heavy atom. The SMILES string of the molecule is CC(C)C1=C(C(C)C)[C@@]2(CCN(C(C)C)[C@H]3CC[C@H]32)C[C@@H]1C. The molecule has 2 aliphatic carbocycles. The second-order valence-electron chi connectivity index (χ2n) is 9.27. The highest BCUT2D eigenvalue weighted by molar-refractivity contribution is 5.36. The number of fused-ring (bicyclic) bond motifs is 2. The van der Waals surface area contributed by atoms with Gasteiger partial charge in [0.25, 0.3) is 0 Å². The zero-order valence-electron chi connectivity index (χ0n) is 15.9. The van der Waals surface area contributed by atoms with Gasteiger partial charge in [0, 0.05) is 12.1 Å². The van der Waals surface area contributed by atoms with Gasteiger partial charge in [0.15, 0.2) is 0 Å². The third-order valence-corrected chi connectivity index (χ3v) is 7.10. The molecule has 1 saturated carbocycles. The fourth-order valence-electron chi connectivity index (χ4n) is 6.54. The molecule has 126 valence electrons. The number of piperidine rings is 1. The van der Waals surface area contributed by atoms with Crippen molar-refractivity contribution in [1.82, 2.24) is 4.90 Å². The number of hydrogen-bond acceptors (Lipinski definition) is 1. The molecule has 4 atom stereocenters. The third-order valence-electron chi connectivity index (χ3n) is 7.10. The van der Waals surface area contributed by atoms with Gasteiger partial charge in [-0.25, -0.2) is 0 Å². The molecular formula is C21H37N. The molecule has 0 bridgehead atoms. The lowest BCUT2D eigenvalue weighted by Gasteiger charge is -2.60. The number of nitrogens with zero attached hydrogens (tertiary/aromatic N) is 1. The molecule has 0 aromatic rings. The van der Waals surface area contributed by atoms with Crippen LogP contribution in [0.15, 0.2) is 11.1 Å². The lowest BCUT2D eigenvalue weighted by atomic mass is 9.53. The van der Waals surface area contributed by atoms with Crippen LogP contribution in [0.2, 0.25) is 0 Å². The Morgan fingerprint density at radius 2 is 1.68 bits per heavy atom. The molecule has 0 amide bonds. The van der Waals surface area contributed by atoms with Gasteiger partial charge in [-0.1, -0.05) is 45.8 Å². The highest BCUT2D eigenvalue weighted by atomic mass is 15.2. The Labute approximate surface area is 138 Å². The maximum atomic E-state index is 2.81. The lowest BCUT2D eigenvalue weighted by molar-refractivity contribution is -0.0790. The largest absolute Gasteiger partial charge is 0.298 e. The molecular weight excluding hydrogens is 266 g/mol. The van der Waals surface area contributed by atoms with Crippen molar-refractivity contribution in [3.05, 3.63) is 11.1 Å². The quantitative estimate of drug-likeness (QED) is 0.621. The van der Waals surface area contributed by atoms with E-state index in [4.69, 9.17) is 0 Å². The highest BCUT2D eigenvalue weighted by Crippen LogP contribution is 2.64. The van der Waals surface area contributed by atoms with E-state index in [2.05, 4.69) is 53.4 Å². The van der Waals surface area contributed by atoms with E-state index < -0.39 is 0 Å². The van der Waals surface area contributed by atoms with Gasteiger partial charge in [0.1, 0.15) is 0 Å². The summed E-state index contributed by atoms with van der Waals surface area (Å²) in [5.74, 6) is 3.21. The first-order chi connectivity index (χ1) is 10.3. The molecule has 0 aromatic heterocycles. The monoisotopic (exact) mass is 303 g/mol. The van der Waals surface area contributed by atoms with Gasteiger partial charge in [-0.2, -0.15) is 0 Å². The topological polar surface area (TPSA) is 3.24 Å². The first kappa shape index (κ1) is 16.6. The number of allylic oxidation sites excluding steroid dienone is 2. The predicted octanol–water partition coefficient (Wildman–Crippen LogP) is 5.51. The second-order valence-corrected chi connectivity index (χ2v) is 9.27. The van der Waals surface area contributed by atoms with Crippen molar-refractivity contribution in [2.75, 3.05) is 6.54 Å². The predicted molar refractivity (Wildman–Crippen MR) is 95.9 cm³/mol. The van der Waals surface area contributed by atoms with Crippen LogP contribution in [0.25, 0.3) is 0 Å². The summed E-state index contributed by atoms with van der Waals surface area (Å²) in [6.45, 7) is 18.4. The van der Waals surface area contributed by atoms with Crippen LogP contribution in [-0.2, 0) is 0 Å². The molecule has 2 fully saturated rings. The van der Waals surface area contributed by atoms with Gasteiger partial charge in [-0.3, -0.25) is 4.90 Å². The van der Waals surface area contributed by atoms with E-state index >= 15 is 0 Å². The van der Waals surface area contributed by atoms with Crippen molar-refractivity contribution in [3.8, 4) is 0 Å². The van der Waals surface area contributed by atoms with Crippen LogP contribution in [-0.4, -0.2) is 23.5 Å². The smallest absolute Gasteiger partial charge is 0.0135 e. The van der Waals surface area contributed by atoms with Crippen LogP contribution < -0.4 is 0 Å². The number of hydrogen-bond donors (Lipinski definition) is 0. The average Bonchev–Trinajstić information content (AvgIpc) is 2.64. The van der Waals surface area contributed by atoms with E-state index in [0.29, 0.717) is 5.41 Å². The van der Waals surface area contributed by atoms with Gasteiger partial charge in [-0.15, -0.1) is 0 Å². The van der Waals surface area contributed by atoms with Gasteiger partial charge in [0.2, 0.25) is 0 Å². The van der Waals surface area contributed by atoms with E-state index in [9.17, 15) is 0 Å². The highest BCUT2D eigenvalue weighted by Gasteiger charge is 2.58. The molecule has 3 rings (SSSR count). The Kier molecular flexibility index (Phi) is 4.25. The molecule has 1 nitrogen and oxygen atoms in total. The molecule has 1 heteroatoms. The van der Waals surface area contributed by atoms with E-state index in [-0.39, 0.29) is 0 Å². The van der Waals surface area contributed by atoms with Crippen LogP contribution in [0.5, 0.6) is 0 Å². The molecule has 0 N–H and O–H groups in total. The normalized spacial score (nSPS) is 39.3. The minimum atomic E-state index is 0.557. The zero-order chi connectivity index (χ0) is 16.2. The summed E-state index contributed by atoms with van der Waals surface area (Å²) in [6, 6.07) is 1.60. The summed E-state index contributed by atoms with van der Waals surface area (Å²) in [5, 5.41) is 0. The molecule has 22 heavy (non-hydrogen) atoms. The minimum Gasteiger partial charge on any atom is -0.298 e. The van der Waals surface area contributed by atoms with E-state index in [0.717, 1.165) is 35.8 Å². The van der Waals surface area contributed by atoms with E-state index in [1.54, 1.807) is 0 Å². The third kappa shape index (κ3) is 2.22. The van der Waals surface area contributed by atoms with E-state index in [1.807, 2.05) is 11.1 Å². The van der Waals surface area contributed by atoms with Gasteiger partial charge in [0.05, 0.1) is 0 Å². The molecule has 3 aliphatic rings. The zero-order valence-corrected chi connectivity index (χ0v) is 15.9. The van der Waals surface area contributed by atoms with Crippen LogP contribution in [0.4, 0.5) is 0 Å². The molecule has 1 heterocycles.